The van der Waals surface area contributed by atoms with Gasteiger partial charge in [0.2, 0.25) is 5.91 Å². The first kappa shape index (κ1) is 17.6. The Bertz CT molecular complexity index is 678. The van der Waals surface area contributed by atoms with Gasteiger partial charge in [0.05, 0.1) is 25.4 Å². The van der Waals surface area contributed by atoms with Gasteiger partial charge in [-0.15, -0.1) is 0 Å². The van der Waals surface area contributed by atoms with Gasteiger partial charge >= 0.3 is 0 Å². The molecule has 1 aliphatic heterocycles. The molecule has 0 aliphatic carbocycles. The molecule has 3 rings (SSSR count). The Morgan fingerprint density at radius 1 is 1.12 bits per heavy atom. The van der Waals surface area contributed by atoms with Crippen LogP contribution in [-0.2, 0) is 9.53 Å². The van der Waals surface area contributed by atoms with E-state index >= 15 is 0 Å². The number of hydrogen-bond donors (Lipinski definition) is 2. The predicted octanol–water partition coefficient (Wildman–Crippen LogP) is 2.04. The van der Waals surface area contributed by atoms with Gasteiger partial charge in [0, 0.05) is 13.0 Å². The van der Waals surface area contributed by atoms with Crippen LogP contribution in [0.4, 0.5) is 0 Å². The average molecular weight is 340 g/mol. The summed E-state index contributed by atoms with van der Waals surface area (Å²) < 4.78 is 5.54. The quantitative estimate of drug-likeness (QED) is 0.873. The molecule has 1 fully saturated rings. The lowest BCUT2D eigenvalue weighted by atomic mass is 9.99. The molecule has 132 valence electrons. The van der Waals surface area contributed by atoms with Crippen molar-refractivity contribution in [2.24, 2.45) is 5.73 Å². The third-order valence-corrected chi connectivity index (χ3v) is 4.62. The van der Waals surface area contributed by atoms with E-state index in [2.05, 4.69) is 0 Å². The number of aliphatic hydroxyl groups excluding tert-OH is 1. The van der Waals surface area contributed by atoms with Crippen molar-refractivity contribution in [1.82, 2.24) is 4.90 Å². The van der Waals surface area contributed by atoms with Gasteiger partial charge in [0.15, 0.2) is 0 Å². The molecule has 0 radical (unpaired) electrons. The van der Waals surface area contributed by atoms with Crippen molar-refractivity contribution in [2.75, 3.05) is 19.8 Å². The maximum atomic E-state index is 12.9. The van der Waals surface area contributed by atoms with Crippen molar-refractivity contribution in [3.63, 3.8) is 0 Å². The van der Waals surface area contributed by atoms with Crippen LogP contribution in [0.3, 0.4) is 0 Å². The molecular weight excluding hydrogens is 316 g/mol. The standard InChI is InChI=1S/C20H24N2O3/c21-19(16-9-5-2-6-10-16)20(24)22-11-12-25-14-17(22)13-18(23)15-7-3-1-4-8-15/h1-10,17-19,23H,11-14,21H2. The fourth-order valence-corrected chi connectivity index (χ4v) is 3.19. The van der Waals surface area contributed by atoms with Crippen molar-refractivity contribution in [1.29, 1.82) is 0 Å². The monoisotopic (exact) mass is 340 g/mol. The summed E-state index contributed by atoms with van der Waals surface area (Å²) in [7, 11) is 0. The van der Waals surface area contributed by atoms with E-state index < -0.39 is 12.1 Å². The zero-order chi connectivity index (χ0) is 17.6. The number of amides is 1. The van der Waals surface area contributed by atoms with Gasteiger partial charge in [-0.2, -0.15) is 0 Å². The van der Waals surface area contributed by atoms with Gasteiger partial charge in [0.1, 0.15) is 6.04 Å². The van der Waals surface area contributed by atoms with Crippen LogP contribution in [0.25, 0.3) is 0 Å². The zero-order valence-electron chi connectivity index (χ0n) is 14.1. The molecule has 1 amide bonds. The maximum Gasteiger partial charge on any atom is 0.244 e. The molecule has 0 bridgehead atoms. The molecule has 2 aromatic carbocycles. The third-order valence-electron chi connectivity index (χ3n) is 4.62. The number of carbonyl (C=O) groups is 1. The number of morpholine rings is 1. The van der Waals surface area contributed by atoms with Crippen molar-refractivity contribution in [3.8, 4) is 0 Å². The van der Waals surface area contributed by atoms with E-state index in [-0.39, 0.29) is 11.9 Å². The average Bonchev–Trinajstić information content (AvgIpc) is 2.68. The highest BCUT2D eigenvalue weighted by molar-refractivity contribution is 5.83. The SMILES string of the molecule is NC(C(=O)N1CCOCC1CC(O)c1ccccc1)c1ccccc1. The summed E-state index contributed by atoms with van der Waals surface area (Å²) in [5.74, 6) is -0.125. The lowest BCUT2D eigenvalue weighted by Gasteiger charge is -2.38. The number of hydrogen-bond acceptors (Lipinski definition) is 4. The van der Waals surface area contributed by atoms with E-state index in [0.717, 1.165) is 11.1 Å². The number of benzene rings is 2. The molecule has 5 heteroatoms. The Balaban J connectivity index is 1.71. The molecular formula is C20H24N2O3. The number of nitrogens with zero attached hydrogens (tertiary/aromatic N) is 1. The lowest BCUT2D eigenvalue weighted by molar-refractivity contribution is -0.142. The maximum absolute atomic E-state index is 12.9. The van der Waals surface area contributed by atoms with E-state index in [1.807, 2.05) is 60.7 Å². The van der Waals surface area contributed by atoms with Crippen LogP contribution in [0, 0.1) is 0 Å². The number of carbonyl (C=O) groups excluding carboxylic acids is 1. The van der Waals surface area contributed by atoms with Crippen molar-refractivity contribution in [2.45, 2.75) is 24.6 Å². The Labute approximate surface area is 148 Å². The Morgan fingerprint density at radius 2 is 1.72 bits per heavy atom. The van der Waals surface area contributed by atoms with Gasteiger partial charge in [0.25, 0.3) is 0 Å². The summed E-state index contributed by atoms with van der Waals surface area (Å²) >= 11 is 0. The minimum atomic E-state index is -0.698. The largest absolute Gasteiger partial charge is 0.388 e. The summed E-state index contributed by atoms with van der Waals surface area (Å²) in [6, 6.07) is 17.9. The predicted molar refractivity (Wildman–Crippen MR) is 95.7 cm³/mol. The van der Waals surface area contributed by atoms with Crippen LogP contribution in [-0.4, -0.2) is 41.7 Å². The number of nitrogens with two attached hydrogens (primary N) is 1. The van der Waals surface area contributed by atoms with Crippen molar-refractivity contribution in [3.05, 3.63) is 71.8 Å². The first-order valence-electron chi connectivity index (χ1n) is 8.58. The fourth-order valence-electron chi connectivity index (χ4n) is 3.19. The van der Waals surface area contributed by atoms with Crippen LogP contribution in [0.5, 0.6) is 0 Å². The normalized spacial score (nSPS) is 20.1. The van der Waals surface area contributed by atoms with Gasteiger partial charge in [-0.1, -0.05) is 60.7 Å². The number of rotatable bonds is 5. The van der Waals surface area contributed by atoms with E-state index in [4.69, 9.17) is 10.5 Å². The molecule has 3 unspecified atom stereocenters. The van der Waals surface area contributed by atoms with Crippen molar-refractivity contribution >= 4 is 5.91 Å². The third kappa shape index (κ3) is 4.25. The van der Waals surface area contributed by atoms with Crippen LogP contribution < -0.4 is 5.73 Å². The Morgan fingerprint density at radius 3 is 2.36 bits per heavy atom. The van der Waals surface area contributed by atoms with Crippen molar-refractivity contribution < 1.29 is 14.6 Å². The number of ether oxygens (including phenoxy) is 1. The van der Waals surface area contributed by atoms with E-state index in [0.29, 0.717) is 26.2 Å². The molecule has 3 N–H and O–H groups in total. The molecule has 25 heavy (non-hydrogen) atoms. The molecule has 0 spiro atoms. The molecule has 2 aromatic rings. The topological polar surface area (TPSA) is 75.8 Å². The first-order chi connectivity index (χ1) is 12.2. The van der Waals surface area contributed by atoms with Gasteiger partial charge in [-0.3, -0.25) is 4.79 Å². The fraction of sp³-hybridized carbons (Fsp3) is 0.350. The van der Waals surface area contributed by atoms with Crippen LogP contribution >= 0.6 is 0 Å². The highest BCUT2D eigenvalue weighted by Gasteiger charge is 2.32. The second-order valence-corrected chi connectivity index (χ2v) is 6.31. The lowest BCUT2D eigenvalue weighted by Crippen LogP contribution is -2.52. The zero-order valence-corrected chi connectivity index (χ0v) is 14.1. The Hall–Kier alpha value is -2.21. The smallest absolute Gasteiger partial charge is 0.244 e. The van der Waals surface area contributed by atoms with E-state index in [9.17, 15) is 9.90 Å². The molecule has 1 heterocycles. The molecule has 3 atom stereocenters. The second-order valence-electron chi connectivity index (χ2n) is 6.31. The molecule has 1 saturated heterocycles. The summed E-state index contributed by atoms with van der Waals surface area (Å²) in [5.41, 5.74) is 7.81. The summed E-state index contributed by atoms with van der Waals surface area (Å²) in [6.07, 6.45) is -0.215. The molecule has 0 aromatic heterocycles. The highest BCUT2D eigenvalue weighted by atomic mass is 16.5. The molecule has 1 aliphatic rings. The van der Waals surface area contributed by atoms with Gasteiger partial charge in [-0.25, -0.2) is 0 Å². The van der Waals surface area contributed by atoms with Crippen LogP contribution in [0.2, 0.25) is 0 Å². The van der Waals surface area contributed by atoms with E-state index in [1.54, 1.807) is 4.90 Å². The minimum Gasteiger partial charge on any atom is -0.388 e. The summed E-state index contributed by atoms with van der Waals surface area (Å²) in [4.78, 5) is 14.6. The summed E-state index contributed by atoms with van der Waals surface area (Å²) in [6.45, 7) is 1.40. The second kappa shape index (κ2) is 8.25. The van der Waals surface area contributed by atoms with Crippen LogP contribution in [0.1, 0.15) is 29.7 Å². The molecule has 5 nitrogen and oxygen atoms in total. The Kier molecular flexibility index (Phi) is 5.81. The first-order valence-corrected chi connectivity index (χ1v) is 8.58. The van der Waals surface area contributed by atoms with E-state index in [1.165, 1.54) is 0 Å². The summed E-state index contributed by atoms with van der Waals surface area (Å²) in [5, 5.41) is 10.5. The van der Waals surface area contributed by atoms with Crippen LogP contribution in [0.15, 0.2) is 60.7 Å². The molecule has 0 saturated carbocycles. The number of aliphatic hydroxyl groups is 1. The van der Waals surface area contributed by atoms with Gasteiger partial charge in [-0.05, 0) is 11.1 Å². The van der Waals surface area contributed by atoms with Gasteiger partial charge < -0.3 is 20.5 Å². The highest BCUT2D eigenvalue weighted by Crippen LogP contribution is 2.24. The minimum absolute atomic E-state index is 0.125.